The van der Waals surface area contributed by atoms with Crippen molar-refractivity contribution in [2.75, 3.05) is 0 Å². The van der Waals surface area contributed by atoms with Gasteiger partial charge in [0.05, 0.1) is 5.52 Å². The van der Waals surface area contributed by atoms with E-state index in [1.54, 1.807) is 6.07 Å². The second-order valence-corrected chi connectivity index (χ2v) is 4.71. The van der Waals surface area contributed by atoms with Gasteiger partial charge < -0.3 is 5.32 Å². The zero-order valence-corrected chi connectivity index (χ0v) is 11.0. The monoisotopic (exact) mass is 244 g/mol. The SMILES string of the molecule is CCc1ccc2nc(C(=O)NC(C)C)ccc2c1.[HH]. The van der Waals surface area contributed by atoms with Crippen molar-refractivity contribution < 1.29 is 6.22 Å². The van der Waals surface area contributed by atoms with Crippen LogP contribution in [0.2, 0.25) is 0 Å². The maximum atomic E-state index is 11.8. The van der Waals surface area contributed by atoms with Gasteiger partial charge in [0.2, 0.25) is 0 Å². The first-order valence-electron chi connectivity index (χ1n) is 6.30. The molecule has 0 atom stereocenters. The fourth-order valence-electron chi connectivity index (χ4n) is 1.86. The molecule has 1 N–H and O–H groups in total. The van der Waals surface area contributed by atoms with Crippen LogP contribution in [0.1, 0.15) is 38.2 Å². The van der Waals surface area contributed by atoms with Crippen molar-refractivity contribution in [1.29, 1.82) is 0 Å². The third-order valence-electron chi connectivity index (χ3n) is 2.81. The van der Waals surface area contributed by atoms with Crippen molar-refractivity contribution in [3.05, 3.63) is 41.6 Å². The number of benzene rings is 1. The molecule has 0 aliphatic carbocycles. The summed E-state index contributed by atoms with van der Waals surface area (Å²) in [5, 5.41) is 3.92. The summed E-state index contributed by atoms with van der Waals surface area (Å²) in [5.74, 6) is -0.119. The van der Waals surface area contributed by atoms with Crippen LogP contribution in [0.5, 0.6) is 0 Å². The molecule has 1 amide bonds. The Kier molecular flexibility index (Phi) is 3.60. The van der Waals surface area contributed by atoms with E-state index >= 15 is 0 Å². The predicted molar refractivity (Wildman–Crippen MR) is 75.8 cm³/mol. The Morgan fingerprint density at radius 2 is 2.11 bits per heavy atom. The average Bonchev–Trinajstić information content (AvgIpc) is 2.36. The third-order valence-corrected chi connectivity index (χ3v) is 2.81. The standard InChI is InChI=1S/C15H18N2O.H2/c1-4-11-5-7-13-12(9-11)6-8-14(17-13)15(18)16-10(2)3;/h5-10H,4H2,1-3H3,(H,16,18);1H. The van der Waals surface area contributed by atoms with Crippen molar-refractivity contribution in [3.63, 3.8) is 0 Å². The van der Waals surface area contributed by atoms with Gasteiger partial charge in [-0.2, -0.15) is 0 Å². The highest BCUT2D eigenvalue weighted by Crippen LogP contribution is 2.15. The van der Waals surface area contributed by atoms with Gasteiger partial charge >= 0.3 is 0 Å². The normalized spacial score (nSPS) is 10.9. The summed E-state index contributed by atoms with van der Waals surface area (Å²) in [7, 11) is 0. The van der Waals surface area contributed by atoms with E-state index in [1.807, 2.05) is 26.0 Å². The summed E-state index contributed by atoms with van der Waals surface area (Å²) < 4.78 is 0. The fraction of sp³-hybridized carbons (Fsp3) is 0.333. The van der Waals surface area contributed by atoms with E-state index in [0.717, 1.165) is 17.3 Å². The Labute approximate surface area is 109 Å². The summed E-state index contributed by atoms with van der Waals surface area (Å²) in [6.45, 7) is 6.00. The molecule has 2 rings (SSSR count). The number of carbonyl (C=O) groups is 1. The minimum absolute atomic E-state index is 0. The number of hydrogen-bond acceptors (Lipinski definition) is 2. The lowest BCUT2D eigenvalue weighted by Crippen LogP contribution is -2.30. The van der Waals surface area contributed by atoms with Gasteiger partial charge in [-0.25, -0.2) is 4.98 Å². The Hall–Kier alpha value is -1.90. The van der Waals surface area contributed by atoms with Crippen molar-refractivity contribution in [1.82, 2.24) is 10.3 Å². The van der Waals surface area contributed by atoms with E-state index < -0.39 is 0 Å². The Balaban J connectivity index is 0.00000180. The molecular weight excluding hydrogens is 224 g/mol. The summed E-state index contributed by atoms with van der Waals surface area (Å²) in [4.78, 5) is 16.2. The van der Waals surface area contributed by atoms with Crippen molar-refractivity contribution in [2.45, 2.75) is 33.2 Å². The minimum Gasteiger partial charge on any atom is -0.349 e. The highest BCUT2D eigenvalue weighted by molar-refractivity contribution is 5.95. The van der Waals surface area contributed by atoms with Gasteiger partial charge in [0, 0.05) is 12.9 Å². The van der Waals surface area contributed by atoms with Gasteiger partial charge in [-0.1, -0.05) is 19.1 Å². The molecule has 18 heavy (non-hydrogen) atoms. The van der Waals surface area contributed by atoms with Gasteiger partial charge in [0.15, 0.2) is 0 Å². The van der Waals surface area contributed by atoms with Gasteiger partial charge in [-0.15, -0.1) is 0 Å². The van der Waals surface area contributed by atoms with Gasteiger partial charge in [0.1, 0.15) is 5.69 Å². The Morgan fingerprint density at radius 1 is 1.33 bits per heavy atom. The molecule has 0 saturated carbocycles. The first-order valence-corrected chi connectivity index (χ1v) is 6.30. The summed E-state index contributed by atoms with van der Waals surface area (Å²) in [6, 6.07) is 10.0. The molecule has 0 fully saturated rings. The van der Waals surface area contributed by atoms with E-state index in [2.05, 4.69) is 29.4 Å². The summed E-state index contributed by atoms with van der Waals surface area (Å²) in [5.41, 5.74) is 2.62. The zero-order chi connectivity index (χ0) is 13.1. The highest BCUT2D eigenvalue weighted by atomic mass is 16.1. The molecule has 2 aromatic rings. The number of fused-ring (bicyclic) bond motifs is 1. The van der Waals surface area contributed by atoms with Gasteiger partial charge in [0.25, 0.3) is 5.91 Å². The predicted octanol–water partition coefficient (Wildman–Crippen LogP) is 3.18. The third kappa shape index (κ3) is 2.67. The molecule has 1 aromatic heterocycles. The van der Waals surface area contributed by atoms with Crippen LogP contribution in [0.25, 0.3) is 10.9 Å². The van der Waals surface area contributed by atoms with Gasteiger partial charge in [-0.3, -0.25) is 4.79 Å². The topological polar surface area (TPSA) is 42.0 Å². The number of aryl methyl sites for hydroxylation is 1. The number of nitrogens with zero attached hydrogens (tertiary/aromatic N) is 1. The number of hydrogen-bond donors (Lipinski definition) is 1. The number of nitrogens with one attached hydrogen (secondary N) is 1. The van der Waals surface area contributed by atoms with Crippen molar-refractivity contribution in [3.8, 4) is 0 Å². The first-order chi connectivity index (χ1) is 8.60. The molecule has 1 heterocycles. The molecule has 0 spiro atoms. The molecule has 96 valence electrons. The maximum Gasteiger partial charge on any atom is 0.270 e. The van der Waals surface area contributed by atoms with E-state index in [0.29, 0.717) is 5.69 Å². The number of aromatic nitrogens is 1. The molecule has 0 unspecified atom stereocenters. The number of amides is 1. The number of rotatable bonds is 3. The van der Waals surface area contributed by atoms with Crippen LogP contribution in [0.15, 0.2) is 30.3 Å². The second kappa shape index (κ2) is 5.17. The lowest BCUT2D eigenvalue weighted by Gasteiger charge is -2.08. The largest absolute Gasteiger partial charge is 0.349 e. The van der Waals surface area contributed by atoms with E-state index in [4.69, 9.17) is 0 Å². The molecule has 3 heteroatoms. The molecule has 0 radical (unpaired) electrons. The van der Waals surface area contributed by atoms with Crippen LogP contribution in [0, 0.1) is 0 Å². The molecule has 0 bridgehead atoms. The average molecular weight is 244 g/mol. The Bertz CT molecular complexity index is 581. The van der Waals surface area contributed by atoms with Crippen LogP contribution in [-0.2, 0) is 6.42 Å². The van der Waals surface area contributed by atoms with Crippen molar-refractivity contribution in [2.24, 2.45) is 0 Å². The second-order valence-electron chi connectivity index (χ2n) is 4.71. The fourth-order valence-corrected chi connectivity index (χ4v) is 1.86. The van der Waals surface area contributed by atoms with E-state index in [1.165, 1.54) is 5.56 Å². The number of pyridine rings is 1. The Morgan fingerprint density at radius 3 is 2.78 bits per heavy atom. The smallest absolute Gasteiger partial charge is 0.270 e. The first kappa shape index (κ1) is 12.6. The molecule has 3 nitrogen and oxygen atoms in total. The maximum absolute atomic E-state index is 11.8. The van der Waals surface area contributed by atoms with Crippen LogP contribution in [0.3, 0.4) is 0 Å². The van der Waals surface area contributed by atoms with Crippen LogP contribution in [0.4, 0.5) is 0 Å². The molecule has 1 aromatic carbocycles. The molecule has 0 aliphatic rings. The quantitative estimate of drug-likeness (QED) is 0.901. The lowest BCUT2D eigenvalue weighted by atomic mass is 10.1. The van der Waals surface area contributed by atoms with Crippen molar-refractivity contribution >= 4 is 16.8 Å². The minimum atomic E-state index is -0.119. The van der Waals surface area contributed by atoms with E-state index in [9.17, 15) is 4.79 Å². The molecule has 0 saturated heterocycles. The van der Waals surface area contributed by atoms with Crippen LogP contribution < -0.4 is 5.32 Å². The lowest BCUT2D eigenvalue weighted by molar-refractivity contribution is 0.0938. The summed E-state index contributed by atoms with van der Waals surface area (Å²) in [6.07, 6.45) is 1.01. The highest BCUT2D eigenvalue weighted by Gasteiger charge is 2.09. The van der Waals surface area contributed by atoms with Gasteiger partial charge in [-0.05, 0) is 44.0 Å². The van der Waals surface area contributed by atoms with Crippen LogP contribution >= 0.6 is 0 Å². The molecular formula is C15H20N2O. The van der Waals surface area contributed by atoms with E-state index in [-0.39, 0.29) is 13.4 Å². The zero-order valence-electron chi connectivity index (χ0n) is 11.0. The van der Waals surface area contributed by atoms with Crippen LogP contribution in [-0.4, -0.2) is 16.9 Å². The number of carbonyl (C=O) groups excluding carboxylic acids is 1. The molecule has 0 aliphatic heterocycles. The summed E-state index contributed by atoms with van der Waals surface area (Å²) >= 11 is 0.